The Morgan fingerprint density at radius 1 is 1.19 bits per heavy atom. The smallest absolute Gasteiger partial charge is 0.293 e. The van der Waals surface area contributed by atoms with E-state index in [0.717, 1.165) is 40.3 Å². The molecule has 0 saturated carbocycles. The lowest BCUT2D eigenvalue weighted by Gasteiger charge is -2.09. The van der Waals surface area contributed by atoms with Crippen LogP contribution >= 0.6 is 11.3 Å². The molecule has 2 aromatic heterocycles. The highest BCUT2D eigenvalue weighted by Gasteiger charge is 2.21. The van der Waals surface area contributed by atoms with Gasteiger partial charge >= 0.3 is 0 Å². The predicted octanol–water partition coefficient (Wildman–Crippen LogP) is 5.95. The lowest BCUT2D eigenvalue weighted by molar-refractivity contribution is -0.384. The van der Waals surface area contributed by atoms with Crippen molar-refractivity contribution in [2.24, 2.45) is 0 Å². The maximum Gasteiger partial charge on any atom is 0.293 e. The van der Waals surface area contributed by atoms with E-state index in [1.165, 1.54) is 17.4 Å². The molecular weight excluding hydrogens is 412 g/mol. The number of fused-ring (bicyclic) bond motifs is 1. The van der Waals surface area contributed by atoms with Crippen LogP contribution in [0.15, 0.2) is 48.5 Å². The van der Waals surface area contributed by atoms with Gasteiger partial charge in [0.15, 0.2) is 5.82 Å². The summed E-state index contributed by atoms with van der Waals surface area (Å²) in [5.74, 6) is 0.453. The third kappa shape index (κ3) is 3.94. The summed E-state index contributed by atoms with van der Waals surface area (Å²) in [4.78, 5) is 30.0. The molecule has 7 nitrogen and oxygen atoms in total. The van der Waals surface area contributed by atoms with Crippen LogP contribution in [0.5, 0.6) is 0 Å². The average molecular weight is 435 g/mol. The highest BCUT2D eigenvalue weighted by molar-refractivity contribution is 7.17. The Hall–Kier alpha value is -3.52. The van der Waals surface area contributed by atoms with E-state index in [-0.39, 0.29) is 17.3 Å². The van der Waals surface area contributed by atoms with Crippen LogP contribution in [0.1, 0.15) is 34.1 Å². The summed E-state index contributed by atoms with van der Waals surface area (Å²) in [6.45, 7) is 6.48. The number of aromatic nitrogens is 2. The number of para-hydroxylation sites is 2. The molecule has 1 amide bonds. The minimum Gasteiger partial charge on any atom is -0.323 e. The van der Waals surface area contributed by atoms with Crippen molar-refractivity contribution in [3.63, 3.8) is 0 Å². The van der Waals surface area contributed by atoms with Gasteiger partial charge in [-0.05, 0) is 55.7 Å². The zero-order valence-electron chi connectivity index (χ0n) is 17.5. The van der Waals surface area contributed by atoms with Crippen molar-refractivity contribution in [1.82, 2.24) is 9.55 Å². The highest BCUT2D eigenvalue weighted by Crippen LogP contribution is 2.33. The molecule has 0 spiro atoms. The molecule has 0 bridgehead atoms. The third-order valence-corrected chi connectivity index (χ3v) is 6.13. The molecule has 0 aliphatic rings. The van der Waals surface area contributed by atoms with Gasteiger partial charge in [-0.25, -0.2) is 4.98 Å². The second kappa shape index (κ2) is 8.31. The van der Waals surface area contributed by atoms with Crippen molar-refractivity contribution >= 4 is 39.7 Å². The van der Waals surface area contributed by atoms with Gasteiger partial charge in [-0.15, -0.1) is 11.3 Å². The summed E-state index contributed by atoms with van der Waals surface area (Å²) in [6, 6.07) is 14.9. The van der Waals surface area contributed by atoms with Gasteiger partial charge < -0.3 is 9.88 Å². The molecule has 8 heteroatoms. The monoisotopic (exact) mass is 434 g/mol. The number of thiophene rings is 1. The molecule has 2 aromatic carbocycles. The summed E-state index contributed by atoms with van der Waals surface area (Å²) in [5.41, 5.74) is 3.53. The Labute approximate surface area is 183 Å². The number of nitrogens with zero attached hydrogens (tertiary/aromatic N) is 3. The standard InChI is InChI=1S/C23H22N4O3S/c1-4-11-26-17-8-6-5-7-16(17)24-22(26)19-9-10-20(31-19)23(28)25-21-15(3)12-14(2)13-18(21)27(29)30/h5-10,12-13H,4,11H2,1-3H3,(H,25,28). The number of nitrogens with one attached hydrogen (secondary N) is 1. The van der Waals surface area contributed by atoms with Gasteiger partial charge in [0, 0.05) is 12.6 Å². The molecule has 158 valence electrons. The third-order valence-electron chi connectivity index (χ3n) is 5.05. The van der Waals surface area contributed by atoms with Gasteiger partial charge in [-0.1, -0.05) is 25.1 Å². The van der Waals surface area contributed by atoms with Gasteiger partial charge in [0.1, 0.15) is 5.69 Å². The highest BCUT2D eigenvalue weighted by atomic mass is 32.1. The Bertz CT molecular complexity index is 1310. The Morgan fingerprint density at radius 2 is 1.97 bits per heavy atom. The van der Waals surface area contributed by atoms with E-state index in [1.807, 2.05) is 36.4 Å². The first-order valence-corrected chi connectivity index (χ1v) is 10.8. The number of aryl methyl sites for hydroxylation is 3. The maximum absolute atomic E-state index is 12.9. The molecule has 0 saturated heterocycles. The normalized spacial score (nSPS) is 11.1. The Morgan fingerprint density at radius 3 is 2.71 bits per heavy atom. The number of nitro benzene ring substituents is 1. The van der Waals surface area contributed by atoms with Crippen molar-refractivity contribution in [2.75, 3.05) is 5.32 Å². The second-order valence-electron chi connectivity index (χ2n) is 7.43. The van der Waals surface area contributed by atoms with Gasteiger partial charge in [0.25, 0.3) is 11.6 Å². The lowest BCUT2D eigenvalue weighted by atomic mass is 10.1. The molecule has 0 unspecified atom stereocenters. The molecule has 1 N–H and O–H groups in total. The fraction of sp³-hybridized carbons (Fsp3) is 0.217. The number of carbonyl (C=O) groups is 1. The molecule has 4 rings (SSSR count). The van der Waals surface area contributed by atoms with Crippen LogP contribution in [0, 0.1) is 24.0 Å². The summed E-state index contributed by atoms with van der Waals surface area (Å²) in [7, 11) is 0. The molecule has 31 heavy (non-hydrogen) atoms. The molecule has 0 aliphatic carbocycles. The summed E-state index contributed by atoms with van der Waals surface area (Å²) in [5, 5.41) is 14.2. The number of rotatable bonds is 6. The molecule has 0 atom stereocenters. The molecule has 4 aromatic rings. The predicted molar refractivity (Wildman–Crippen MR) is 124 cm³/mol. The number of hydrogen-bond donors (Lipinski definition) is 1. The van der Waals surface area contributed by atoms with Gasteiger partial charge in [0.2, 0.25) is 0 Å². The van der Waals surface area contributed by atoms with Gasteiger partial charge in [0.05, 0.1) is 25.7 Å². The molecule has 0 radical (unpaired) electrons. The molecule has 0 aliphatic heterocycles. The van der Waals surface area contributed by atoms with Crippen LogP contribution in [-0.2, 0) is 6.54 Å². The van der Waals surface area contributed by atoms with Gasteiger partial charge in [-0.2, -0.15) is 0 Å². The van der Waals surface area contributed by atoms with E-state index in [2.05, 4.69) is 16.8 Å². The Balaban J connectivity index is 1.68. The second-order valence-corrected chi connectivity index (χ2v) is 8.51. The maximum atomic E-state index is 12.9. The molecule has 0 fully saturated rings. The van der Waals surface area contributed by atoms with E-state index in [9.17, 15) is 14.9 Å². The Kier molecular flexibility index (Phi) is 5.56. The average Bonchev–Trinajstić information content (AvgIpc) is 3.35. The largest absolute Gasteiger partial charge is 0.323 e. The van der Waals surface area contributed by atoms with Crippen LogP contribution in [0.2, 0.25) is 0 Å². The summed E-state index contributed by atoms with van der Waals surface area (Å²) >= 11 is 1.33. The van der Waals surface area contributed by atoms with Crippen LogP contribution < -0.4 is 5.32 Å². The number of benzene rings is 2. The number of nitro groups is 1. The van der Waals surface area contributed by atoms with Crippen molar-refractivity contribution in [3.05, 3.63) is 74.6 Å². The van der Waals surface area contributed by atoms with Crippen LogP contribution in [0.25, 0.3) is 21.7 Å². The van der Waals surface area contributed by atoms with Crippen LogP contribution in [0.3, 0.4) is 0 Å². The van der Waals surface area contributed by atoms with E-state index < -0.39 is 4.92 Å². The van der Waals surface area contributed by atoms with Gasteiger partial charge in [-0.3, -0.25) is 14.9 Å². The molecule has 2 heterocycles. The van der Waals surface area contributed by atoms with Crippen molar-refractivity contribution in [2.45, 2.75) is 33.7 Å². The lowest BCUT2D eigenvalue weighted by Crippen LogP contribution is -2.13. The van der Waals surface area contributed by atoms with Crippen molar-refractivity contribution in [1.29, 1.82) is 0 Å². The number of hydrogen-bond acceptors (Lipinski definition) is 5. The summed E-state index contributed by atoms with van der Waals surface area (Å²) in [6.07, 6.45) is 0.961. The zero-order chi connectivity index (χ0) is 22.1. The SMILES string of the molecule is CCCn1c(-c2ccc(C(=O)Nc3c(C)cc(C)cc3[N+](=O)[O-])s2)nc2ccccc21. The van der Waals surface area contributed by atoms with E-state index in [0.29, 0.717) is 10.4 Å². The van der Waals surface area contributed by atoms with Crippen molar-refractivity contribution < 1.29 is 9.72 Å². The first-order chi connectivity index (χ1) is 14.9. The fourth-order valence-electron chi connectivity index (χ4n) is 3.72. The van der Waals surface area contributed by atoms with Crippen LogP contribution in [0.4, 0.5) is 11.4 Å². The number of carbonyl (C=O) groups excluding carboxylic acids is 1. The van der Waals surface area contributed by atoms with E-state index in [1.54, 1.807) is 19.9 Å². The quantitative estimate of drug-likeness (QED) is 0.300. The van der Waals surface area contributed by atoms with Crippen molar-refractivity contribution in [3.8, 4) is 10.7 Å². The molecular formula is C23H22N4O3S. The van der Waals surface area contributed by atoms with E-state index >= 15 is 0 Å². The van der Waals surface area contributed by atoms with E-state index in [4.69, 9.17) is 4.98 Å². The fourth-order valence-corrected chi connectivity index (χ4v) is 4.62. The first-order valence-electron chi connectivity index (χ1n) is 10.0. The number of anilines is 1. The minimum absolute atomic E-state index is 0.104. The zero-order valence-corrected chi connectivity index (χ0v) is 18.3. The minimum atomic E-state index is -0.470. The summed E-state index contributed by atoms with van der Waals surface area (Å²) < 4.78 is 2.16. The number of amides is 1. The first kappa shape index (κ1) is 20.7. The van der Waals surface area contributed by atoms with Crippen LogP contribution in [-0.4, -0.2) is 20.4 Å². The topological polar surface area (TPSA) is 90.1 Å². The number of imidazole rings is 1.